The summed E-state index contributed by atoms with van der Waals surface area (Å²) in [4.78, 5) is 0. The first-order valence-electron chi connectivity index (χ1n) is 6.04. The molecule has 1 aromatic carbocycles. The van der Waals surface area contributed by atoms with E-state index in [0.29, 0.717) is 19.0 Å². The minimum atomic E-state index is -4.70. The van der Waals surface area contributed by atoms with Crippen LogP contribution in [-0.4, -0.2) is 24.5 Å². The van der Waals surface area contributed by atoms with Crippen LogP contribution in [0.5, 0.6) is 11.5 Å². The maximum Gasteiger partial charge on any atom is 0.418 e. The molecule has 1 unspecified atom stereocenters. The van der Waals surface area contributed by atoms with E-state index in [-0.39, 0.29) is 11.3 Å². The summed E-state index contributed by atoms with van der Waals surface area (Å²) in [5, 5.41) is 9.20. The Morgan fingerprint density at radius 1 is 1.16 bits per heavy atom. The lowest BCUT2D eigenvalue weighted by molar-refractivity contribution is -0.206. The summed E-state index contributed by atoms with van der Waals surface area (Å²) in [5.74, 6) is 0.582. The molecule has 108 valence electrons. The third-order valence-corrected chi connectivity index (χ3v) is 2.36. The van der Waals surface area contributed by atoms with Crippen molar-refractivity contribution in [1.29, 1.82) is 0 Å². The van der Waals surface area contributed by atoms with Gasteiger partial charge in [-0.05, 0) is 31.0 Å². The van der Waals surface area contributed by atoms with Gasteiger partial charge in [0.1, 0.15) is 0 Å². The Hall–Kier alpha value is -1.43. The second kappa shape index (κ2) is 6.65. The van der Waals surface area contributed by atoms with Crippen molar-refractivity contribution in [3.05, 3.63) is 23.8 Å². The molecular formula is C13H17F3O3. The standard InChI is InChI=1S/C13H17F3O3/c1-3-7-19-10-6-5-9(8-11(10)18-4-2)12(17)13(14,15)16/h5-6,8,12,17H,3-4,7H2,1-2H3. The monoisotopic (exact) mass is 278 g/mol. The Morgan fingerprint density at radius 3 is 2.37 bits per heavy atom. The van der Waals surface area contributed by atoms with Crippen molar-refractivity contribution < 1.29 is 27.8 Å². The molecule has 0 spiro atoms. The number of ether oxygens (including phenoxy) is 2. The fourth-order valence-electron chi connectivity index (χ4n) is 1.48. The van der Waals surface area contributed by atoms with Gasteiger partial charge >= 0.3 is 6.18 Å². The van der Waals surface area contributed by atoms with E-state index in [4.69, 9.17) is 9.47 Å². The molecule has 1 atom stereocenters. The number of aliphatic hydroxyl groups excluding tert-OH is 1. The van der Waals surface area contributed by atoms with Crippen LogP contribution in [0.4, 0.5) is 13.2 Å². The number of hydrogen-bond donors (Lipinski definition) is 1. The summed E-state index contributed by atoms with van der Waals surface area (Å²) in [6.45, 7) is 4.38. The van der Waals surface area contributed by atoms with E-state index < -0.39 is 12.3 Å². The highest BCUT2D eigenvalue weighted by Gasteiger charge is 2.39. The molecule has 0 amide bonds. The van der Waals surface area contributed by atoms with Gasteiger partial charge in [0.15, 0.2) is 17.6 Å². The highest BCUT2D eigenvalue weighted by Crippen LogP contribution is 2.37. The predicted octanol–water partition coefficient (Wildman–Crippen LogP) is 3.47. The molecule has 0 bridgehead atoms. The van der Waals surface area contributed by atoms with Crippen molar-refractivity contribution >= 4 is 0 Å². The van der Waals surface area contributed by atoms with E-state index in [1.54, 1.807) is 6.92 Å². The molecule has 1 aromatic rings. The molecule has 0 fully saturated rings. The van der Waals surface area contributed by atoms with Crippen molar-refractivity contribution in [2.24, 2.45) is 0 Å². The minimum absolute atomic E-state index is 0.205. The van der Waals surface area contributed by atoms with Gasteiger partial charge in [-0.1, -0.05) is 13.0 Å². The average molecular weight is 278 g/mol. The number of benzene rings is 1. The number of aliphatic hydroxyl groups is 1. The van der Waals surface area contributed by atoms with Crippen molar-refractivity contribution in [1.82, 2.24) is 0 Å². The predicted molar refractivity (Wildman–Crippen MR) is 64.4 cm³/mol. The zero-order valence-electron chi connectivity index (χ0n) is 10.8. The zero-order chi connectivity index (χ0) is 14.5. The van der Waals surface area contributed by atoms with E-state index in [2.05, 4.69) is 0 Å². The topological polar surface area (TPSA) is 38.7 Å². The van der Waals surface area contributed by atoms with Crippen LogP contribution in [0, 0.1) is 0 Å². The van der Waals surface area contributed by atoms with E-state index in [1.165, 1.54) is 12.1 Å². The molecule has 0 saturated heterocycles. The fourth-order valence-corrected chi connectivity index (χ4v) is 1.48. The molecule has 0 aliphatic rings. The van der Waals surface area contributed by atoms with Gasteiger partial charge in [-0.2, -0.15) is 13.2 Å². The van der Waals surface area contributed by atoms with Gasteiger partial charge in [0.2, 0.25) is 0 Å². The highest BCUT2D eigenvalue weighted by atomic mass is 19.4. The SMILES string of the molecule is CCCOc1ccc(C(O)C(F)(F)F)cc1OCC. The van der Waals surface area contributed by atoms with Crippen molar-refractivity contribution in [2.75, 3.05) is 13.2 Å². The fraction of sp³-hybridized carbons (Fsp3) is 0.538. The Balaban J connectivity index is 3.01. The smallest absolute Gasteiger partial charge is 0.418 e. The maximum absolute atomic E-state index is 12.4. The van der Waals surface area contributed by atoms with E-state index >= 15 is 0 Å². The minimum Gasteiger partial charge on any atom is -0.490 e. The highest BCUT2D eigenvalue weighted by molar-refractivity contribution is 5.43. The second-order valence-electron chi connectivity index (χ2n) is 3.93. The van der Waals surface area contributed by atoms with Crippen LogP contribution < -0.4 is 9.47 Å². The molecule has 1 rings (SSSR count). The van der Waals surface area contributed by atoms with E-state index in [0.717, 1.165) is 12.5 Å². The molecule has 19 heavy (non-hydrogen) atoms. The molecule has 0 aromatic heterocycles. The number of hydrogen-bond acceptors (Lipinski definition) is 3. The molecule has 0 heterocycles. The molecule has 0 radical (unpaired) electrons. The van der Waals surface area contributed by atoms with Gasteiger partial charge in [0.05, 0.1) is 13.2 Å². The summed E-state index contributed by atoms with van der Waals surface area (Å²) in [6, 6.07) is 3.73. The molecular weight excluding hydrogens is 261 g/mol. The van der Waals surface area contributed by atoms with Gasteiger partial charge in [0.25, 0.3) is 0 Å². The molecule has 6 heteroatoms. The number of rotatable bonds is 6. The Bertz CT molecular complexity index is 405. The van der Waals surface area contributed by atoms with Gasteiger partial charge in [-0.25, -0.2) is 0 Å². The lowest BCUT2D eigenvalue weighted by Gasteiger charge is -2.17. The van der Waals surface area contributed by atoms with Gasteiger partial charge in [-0.15, -0.1) is 0 Å². The van der Waals surface area contributed by atoms with Crippen LogP contribution in [0.1, 0.15) is 31.9 Å². The summed E-state index contributed by atoms with van der Waals surface area (Å²) in [5.41, 5.74) is -0.264. The first kappa shape index (κ1) is 15.6. The summed E-state index contributed by atoms with van der Waals surface area (Å²) < 4.78 is 47.9. The molecule has 0 aliphatic carbocycles. The third-order valence-electron chi connectivity index (χ3n) is 2.36. The van der Waals surface area contributed by atoms with Gasteiger partial charge in [-0.3, -0.25) is 0 Å². The van der Waals surface area contributed by atoms with Gasteiger partial charge < -0.3 is 14.6 Å². The Kier molecular flexibility index (Phi) is 5.47. The van der Waals surface area contributed by atoms with Crippen LogP contribution >= 0.6 is 0 Å². The van der Waals surface area contributed by atoms with E-state index in [9.17, 15) is 18.3 Å². The third kappa shape index (κ3) is 4.31. The quantitative estimate of drug-likeness (QED) is 0.866. The van der Waals surface area contributed by atoms with E-state index in [1.807, 2.05) is 6.92 Å². The van der Waals surface area contributed by atoms with Gasteiger partial charge in [0, 0.05) is 0 Å². The molecule has 0 saturated carbocycles. The Labute approximate surface area is 110 Å². The normalized spacial score (nSPS) is 13.2. The molecule has 3 nitrogen and oxygen atoms in total. The summed E-state index contributed by atoms with van der Waals surface area (Å²) in [6.07, 6.45) is -6.44. The van der Waals surface area contributed by atoms with Crippen molar-refractivity contribution in [3.8, 4) is 11.5 Å². The first-order chi connectivity index (χ1) is 8.90. The summed E-state index contributed by atoms with van der Waals surface area (Å²) >= 11 is 0. The van der Waals surface area contributed by atoms with Crippen LogP contribution in [0.3, 0.4) is 0 Å². The second-order valence-corrected chi connectivity index (χ2v) is 3.93. The largest absolute Gasteiger partial charge is 0.490 e. The van der Waals surface area contributed by atoms with Crippen LogP contribution in [0.25, 0.3) is 0 Å². The molecule has 1 N–H and O–H groups in total. The lowest BCUT2D eigenvalue weighted by atomic mass is 10.1. The Morgan fingerprint density at radius 2 is 1.84 bits per heavy atom. The lowest BCUT2D eigenvalue weighted by Crippen LogP contribution is -2.20. The average Bonchev–Trinajstić information content (AvgIpc) is 2.35. The van der Waals surface area contributed by atoms with Crippen LogP contribution in [0.15, 0.2) is 18.2 Å². The van der Waals surface area contributed by atoms with Crippen LogP contribution in [-0.2, 0) is 0 Å². The first-order valence-corrected chi connectivity index (χ1v) is 6.04. The van der Waals surface area contributed by atoms with Crippen molar-refractivity contribution in [2.45, 2.75) is 32.5 Å². The number of halogens is 3. The maximum atomic E-state index is 12.4. The number of alkyl halides is 3. The molecule has 0 aliphatic heterocycles. The van der Waals surface area contributed by atoms with Crippen LogP contribution in [0.2, 0.25) is 0 Å². The zero-order valence-corrected chi connectivity index (χ0v) is 10.8. The van der Waals surface area contributed by atoms with Crippen molar-refractivity contribution in [3.63, 3.8) is 0 Å². The summed E-state index contributed by atoms with van der Waals surface area (Å²) in [7, 11) is 0.